The standard InChI is InChI=1S/C18H34O3/c1-3-15-20-18(19)14-12-10-8-6-4-5-7-9-11-13-17-16(2)21-17/h16-17H,3-15H2,1-2H3. The quantitative estimate of drug-likeness (QED) is 0.257. The lowest BCUT2D eigenvalue weighted by Gasteiger charge is -2.03. The van der Waals surface area contributed by atoms with E-state index in [1.54, 1.807) is 0 Å². The van der Waals surface area contributed by atoms with Crippen LogP contribution in [-0.2, 0) is 14.3 Å². The van der Waals surface area contributed by atoms with Crippen LogP contribution in [0.1, 0.15) is 90.9 Å². The van der Waals surface area contributed by atoms with Crippen LogP contribution in [0.4, 0.5) is 0 Å². The van der Waals surface area contributed by atoms with Gasteiger partial charge in [-0.15, -0.1) is 0 Å². The fourth-order valence-electron chi connectivity index (χ4n) is 2.67. The van der Waals surface area contributed by atoms with E-state index in [2.05, 4.69) is 6.92 Å². The number of carbonyl (C=O) groups excluding carboxylic acids is 1. The summed E-state index contributed by atoms with van der Waals surface area (Å²) >= 11 is 0. The minimum atomic E-state index is -0.0224. The van der Waals surface area contributed by atoms with Crippen molar-refractivity contribution >= 4 is 5.97 Å². The molecule has 1 aliphatic rings. The van der Waals surface area contributed by atoms with Gasteiger partial charge in [0.1, 0.15) is 0 Å². The zero-order valence-electron chi connectivity index (χ0n) is 14.1. The van der Waals surface area contributed by atoms with Crippen molar-refractivity contribution in [1.82, 2.24) is 0 Å². The van der Waals surface area contributed by atoms with Crippen LogP contribution in [0, 0.1) is 0 Å². The molecule has 0 N–H and O–H groups in total. The Kier molecular flexibility index (Phi) is 10.6. The Morgan fingerprint density at radius 3 is 2.00 bits per heavy atom. The lowest BCUT2D eigenvalue weighted by atomic mass is 10.0. The summed E-state index contributed by atoms with van der Waals surface area (Å²) < 4.78 is 10.5. The smallest absolute Gasteiger partial charge is 0.305 e. The second-order valence-electron chi connectivity index (χ2n) is 6.32. The molecule has 0 aromatic heterocycles. The monoisotopic (exact) mass is 298 g/mol. The Bertz CT molecular complexity index is 265. The molecule has 3 heteroatoms. The number of hydrogen-bond acceptors (Lipinski definition) is 3. The van der Waals surface area contributed by atoms with Crippen LogP contribution in [0.3, 0.4) is 0 Å². The maximum absolute atomic E-state index is 11.3. The van der Waals surface area contributed by atoms with Crippen LogP contribution in [0.2, 0.25) is 0 Å². The molecule has 2 atom stereocenters. The molecule has 1 saturated heterocycles. The Morgan fingerprint density at radius 1 is 0.952 bits per heavy atom. The van der Waals surface area contributed by atoms with E-state index in [1.165, 1.54) is 51.4 Å². The van der Waals surface area contributed by atoms with E-state index >= 15 is 0 Å². The van der Waals surface area contributed by atoms with Crippen molar-refractivity contribution in [3.8, 4) is 0 Å². The van der Waals surface area contributed by atoms with Gasteiger partial charge in [-0.1, -0.05) is 58.3 Å². The van der Waals surface area contributed by atoms with Crippen LogP contribution in [0.5, 0.6) is 0 Å². The molecule has 124 valence electrons. The second-order valence-corrected chi connectivity index (χ2v) is 6.32. The SMILES string of the molecule is CCCOC(=O)CCCCCCCCCCCC1OC1C. The minimum Gasteiger partial charge on any atom is -0.466 e. The first kappa shape index (κ1) is 18.5. The van der Waals surface area contributed by atoms with E-state index in [0.717, 1.165) is 19.3 Å². The lowest BCUT2D eigenvalue weighted by Crippen LogP contribution is -2.04. The molecule has 1 aliphatic heterocycles. The summed E-state index contributed by atoms with van der Waals surface area (Å²) in [7, 11) is 0. The molecule has 0 amide bonds. The summed E-state index contributed by atoms with van der Waals surface area (Å²) in [5.41, 5.74) is 0. The molecule has 1 rings (SSSR count). The molecule has 0 radical (unpaired) electrons. The average Bonchev–Trinajstić information content (AvgIpc) is 3.18. The number of rotatable bonds is 14. The Labute approximate surface area is 130 Å². The largest absolute Gasteiger partial charge is 0.466 e. The molecule has 0 spiro atoms. The molecule has 0 aromatic carbocycles. The lowest BCUT2D eigenvalue weighted by molar-refractivity contribution is -0.143. The predicted octanol–water partition coefficient (Wildman–Crippen LogP) is 5.02. The van der Waals surface area contributed by atoms with Gasteiger partial charge in [0, 0.05) is 6.42 Å². The fraction of sp³-hybridized carbons (Fsp3) is 0.944. The van der Waals surface area contributed by atoms with Crippen LogP contribution < -0.4 is 0 Å². The molecule has 1 heterocycles. The van der Waals surface area contributed by atoms with E-state index in [0.29, 0.717) is 25.2 Å². The predicted molar refractivity (Wildman–Crippen MR) is 86.4 cm³/mol. The van der Waals surface area contributed by atoms with Gasteiger partial charge in [-0.3, -0.25) is 4.79 Å². The molecule has 21 heavy (non-hydrogen) atoms. The first-order chi connectivity index (χ1) is 10.2. The number of ether oxygens (including phenoxy) is 2. The van der Waals surface area contributed by atoms with Gasteiger partial charge in [0.2, 0.25) is 0 Å². The third-order valence-electron chi connectivity index (χ3n) is 4.17. The highest BCUT2D eigenvalue weighted by Gasteiger charge is 2.32. The van der Waals surface area contributed by atoms with Crippen molar-refractivity contribution in [2.24, 2.45) is 0 Å². The highest BCUT2D eigenvalue weighted by atomic mass is 16.6. The van der Waals surface area contributed by atoms with Gasteiger partial charge in [0.25, 0.3) is 0 Å². The molecular formula is C18H34O3. The van der Waals surface area contributed by atoms with E-state index in [9.17, 15) is 4.79 Å². The number of hydrogen-bond donors (Lipinski definition) is 0. The average molecular weight is 298 g/mol. The van der Waals surface area contributed by atoms with Gasteiger partial charge in [-0.2, -0.15) is 0 Å². The number of unbranched alkanes of at least 4 members (excludes halogenated alkanes) is 8. The zero-order valence-corrected chi connectivity index (χ0v) is 14.1. The van der Waals surface area contributed by atoms with Crippen LogP contribution in [-0.4, -0.2) is 24.8 Å². The van der Waals surface area contributed by atoms with Crippen molar-refractivity contribution in [1.29, 1.82) is 0 Å². The van der Waals surface area contributed by atoms with E-state index in [4.69, 9.17) is 9.47 Å². The normalized spacial score (nSPS) is 20.5. The third kappa shape index (κ3) is 10.8. The number of carbonyl (C=O) groups is 1. The fourth-order valence-corrected chi connectivity index (χ4v) is 2.67. The topological polar surface area (TPSA) is 38.8 Å². The summed E-state index contributed by atoms with van der Waals surface area (Å²) in [6.45, 7) is 4.76. The van der Waals surface area contributed by atoms with Crippen LogP contribution >= 0.6 is 0 Å². The van der Waals surface area contributed by atoms with Gasteiger partial charge in [0.05, 0.1) is 18.8 Å². The zero-order chi connectivity index (χ0) is 15.3. The molecular weight excluding hydrogens is 264 g/mol. The van der Waals surface area contributed by atoms with Crippen LogP contribution in [0.15, 0.2) is 0 Å². The first-order valence-corrected chi connectivity index (χ1v) is 9.05. The van der Waals surface area contributed by atoms with Crippen molar-refractivity contribution in [2.75, 3.05) is 6.61 Å². The van der Waals surface area contributed by atoms with Gasteiger partial charge in [-0.25, -0.2) is 0 Å². The summed E-state index contributed by atoms with van der Waals surface area (Å²) in [6, 6.07) is 0. The van der Waals surface area contributed by atoms with E-state index in [-0.39, 0.29) is 5.97 Å². The van der Waals surface area contributed by atoms with Gasteiger partial charge < -0.3 is 9.47 Å². The third-order valence-corrected chi connectivity index (χ3v) is 4.17. The maximum atomic E-state index is 11.3. The van der Waals surface area contributed by atoms with Crippen molar-refractivity contribution in [3.05, 3.63) is 0 Å². The maximum Gasteiger partial charge on any atom is 0.305 e. The summed E-state index contributed by atoms with van der Waals surface area (Å²) in [4.78, 5) is 11.3. The van der Waals surface area contributed by atoms with Crippen molar-refractivity contribution in [3.63, 3.8) is 0 Å². The summed E-state index contributed by atoms with van der Waals surface area (Å²) in [5.74, 6) is -0.0224. The van der Waals surface area contributed by atoms with Crippen LogP contribution in [0.25, 0.3) is 0 Å². The molecule has 2 unspecified atom stereocenters. The van der Waals surface area contributed by atoms with Crippen molar-refractivity contribution < 1.29 is 14.3 Å². The molecule has 0 saturated carbocycles. The Balaban J connectivity index is 1.69. The molecule has 1 fully saturated rings. The molecule has 0 aliphatic carbocycles. The van der Waals surface area contributed by atoms with Gasteiger partial charge in [0.15, 0.2) is 0 Å². The van der Waals surface area contributed by atoms with E-state index in [1.807, 2.05) is 6.92 Å². The Hall–Kier alpha value is -0.570. The molecule has 0 bridgehead atoms. The number of esters is 1. The highest BCUT2D eigenvalue weighted by Crippen LogP contribution is 2.26. The minimum absolute atomic E-state index is 0.0224. The summed E-state index contributed by atoms with van der Waals surface area (Å²) in [5, 5.41) is 0. The summed E-state index contributed by atoms with van der Waals surface area (Å²) in [6.07, 6.45) is 15.4. The second kappa shape index (κ2) is 12.0. The molecule has 0 aromatic rings. The first-order valence-electron chi connectivity index (χ1n) is 9.05. The van der Waals surface area contributed by atoms with Gasteiger partial charge >= 0.3 is 5.97 Å². The highest BCUT2D eigenvalue weighted by molar-refractivity contribution is 5.69. The molecule has 3 nitrogen and oxygen atoms in total. The van der Waals surface area contributed by atoms with E-state index < -0.39 is 0 Å². The number of epoxide rings is 1. The van der Waals surface area contributed by atoms with Gasteiger partial charge in [-0.05, 0) is 26.2 Å². The Morgan fingerprint density at radius 2 is 1.48 bits per heavy atom. The van der Waals surface area contributed by atoms with Crippen molar-refractivity contribution in [2.45, 2.75) is 103 Å².